The molecule has 1 nitrogen and oxygen atoms in total. The van der Waals surface area contributed by atoms with Gasteiger partial charge >= 0.3 is 0 Å². The molecule has 0 heterocycles. The summed E-state index contributed by atoms with van der Waals surface area (Å²) in [6, 6.07) is 19.6. The minimum absolute atomic E-state index is 0.133. The van der Waals surface area contributed by atoms with Crippen molar-refractivity contribution in [1.29, 1.82) is 0 Å². The maximum atomic E-state index is 11.7. The fourth-order valence-electron chi connectivity index (χ4n) is 4.84. The third-order valence-electron chi connectivity index (χ3n) is 7.10. The number of rotatable bonds is 4. The largest absolute Gasteiger partial charge is 0.381 e. The van der Waals surface area contributed by atoms with Gasteiger partial charge in [0.05, 0.1) is 0 Å². The highest BCUT2D eigenvalue weighted by Crippen LogP contribution is 2.47. The van der Waals surface area contributed by atoms with Crippen molar-refractivity contribution in [2.75, 3.05) is 5.75 Å². The van der Waals surface area contributed by atoms with Gasteiger partial charge in [0.2, 0.25) is 0 Å². The number of benzene rings is 3. The third-order valence-corrected chi connectivity index (χ3v) is 7.98. The van der Waals surface area contributed by atoms with Gasteiger partial charge < -0.3 is 5.11 Å². The van der Waals surface area contributed by atoms with Crippen molar-refractivity contribution in [3.63, 3.8) is 0 Å². The van der Waals surface area contributed by atoms with Crippen molar-refractivity contribution < 1.29 is 5.11 Å². The normalized spacial score (nSPS) is 19.3. The molecule has 0 amide bonds. The van der Waals surface area contributed by atoms with Gasteiger partial charge in [-0.3, -0.25) is 0 Å². The van der Waals surface area contributed by atoms with E-state index in [1.54, 1.807) is 0 Å². The first-order valence-electron chi connectivity index (χ1n) is 11.1. The second kappa shape index (κ2) is 7.43. The summed E-state index contributed by atoms with van der Waals surface area (Å²) < 4.78 is 0. The standard InChI is InChI=1S/C28H34OS/c1-7-30-23-12-9-19-16-21(10-8-20(19)17-23)28(6,29)22-11-13-24-25(18-22)27(4,5)15-14-26(24,2)3/h8-13,16-18,29H,7,14-15H2,1-6H3. The Kier molecular flexibility index (Phi) is 5.31. The summed E-state index contributed by atoms with van der Waals surface area (Å²) in [6.07, 6.45) is 2.37. The topological polar surface area (TPSA) is 20.2 Å². The SMILES string of the molecule is CCSc1ccc2cc(C(C)(O)c3ccc4c(c3)C(C)(C)CCC4(C)C)ccc2c1. The maximum absolute atomic E-state index is 11.7. The molecule has 0 saturated carbocycles. The van der Waals surface area contributed by atoms with Crippen LogP contribution >= 0.6 is 11.8 Å². The first-order valence-corrected chi connectivity index (χ1v) is 12.1. The summed E-state index contributed by atoms with van der Waals surface area (Å²) >= 11 is 1.86. The minimum Gasteiger partial charge on any atom is -0.381 e. The Morgan fingerprint density at radius 3 is 2.07 bits per heavy atom. The van der Waals surface area contributed by atoms with Crippen LogP contribution < -0.4 is 0 Å². The van der Waals surface area contributed by atoms with Gasteiger partial charge in [-0.2, -0.15) is 0 Å². The first kappa shape index (κ1) is 21.5. The summed E-state index contributed by atoms with van der Waals surface area (Å²) in [5, 5.41) is 14.1. The van der Waals surface area contributed by atoms with Crippen molar-refractivity contribution in [3.8, 4) is 0 Å². The lowest BCUT2D eigenvalue weighted by molar-refractivity contribution is 0.102. The predicted molar refractivity (Wildman–Crippen MR) is 131 cm³/mol. The monoisotopic (exact) mass is 418 g/mol. The van der Waals surface area contributed by atoms with Gasteiger partial charge in [0.1, 0.15) is 5.60 Å². The Hall–Kier alpha value is -1.77. The van der Waals surface area contributed by atoms with Crippen LogP contribution in [0.2, 0.25) is 0 Å². The van der Waals surface area contributed by atoms with Gasteiger partial charge in [-0.15, -0.1) is 11.8 Å². The molecule has 0 fully saturated rings. The molecule has 30 heavy (non-hydrogen) atoms. The molecule has 0 spiro atoms. The van der Waals surface area contributed by atoms with Crippen LogP contribution in [0.25, 0.3) is 10.8 Å². The molecule has 0 saturated heterocycles. The molecule has 0 aliphatic heterocycles. The van der Waals surface area contributed by atoms with Crippen LogP contribution in [0.4, 0.5) is 0 Å². The lowest BCUT2D eigenvalue weighted by Gasteiger charge is -2.42. The zero-order valence-corrected chi connectivity index (χ0v) is 20.0. The van der Waals surface area contributed by atoms with Crippen molar-refractivity contribution in [3.05, 3.63) is 76.9 Å². The quantitative estimate of drug-likeness (QED) is 0.441. The second-order valence-electron chi connectivity index (χ2n) is 10.3. The highest BCUT2D eigenvalue weighted by atomic mass is 32.2. The van der Waals surface area contributed by atoms with E-state index < -0.39 is 5.60 Å². The van der Waals surface area contributed by atoms with E-state index in [0.717, 1.165) is 16.9 Å². The van der Waals surface area contributed by atoms with Gasteiger partial charge in [0.25, 0.3) is 0 Å². The van der Waals surface area contributed by atoms with Crippen LogP contribution in [-0.4, -0.2) is 10.9 Å². The number of aliphatic hydroxyl groups is 1. The van der Waals surface area contributed by atoms with E-state index in [1.165, 1.54) is 39.6 Å². The molecule has 3 aromatic carbocycles. The van der Waals surface area contributed by atoms with E-state index in [-0.39, 0.29) is 10.8 Å². The maximum Gasteiger partial charge on any atom is 0.112 e. The summed E-state index contributed by atoms with van der Waals surface area (Å²) in [6.45, 7) is 13.5. The van der Waals surface area contributed by atoms with Gasteiger partial charge in [0.15, 0.2) is 0 Å². The fourth-order valence-corrected chi connectivity index (χ4v) is 5.55. The van der Waals surface area contributed by atoms with Crippen molar-refractivity contribution in [2.45, 2.75) is 75.7 Å². The second-order valence-corrected chi connectivity index (χ2v) is 11.6. The van der Waals surface area contributed by atoms with E-state index in [4.69, 9.17) is 0 Å². The van der Waals surface area contributed by atoms with Crippen LogP contribution in [0, 0.1) is 0 Å². The van der Waals surface area contributed by atoms with Gasteiger partial charge in [0, 0.05) is 4.90 Å². The fraction of sp³-hybridized carbons (Fsp3) is 0.429. The van der Waals surface area contributed by atoms with Crippen molar-refractivity contribution >= 4 is 22.5 Å². The molecule has 0 aromatic heterocycles. The van der Waals surface area contributed by atoms with Gasteiger partial charge in [-0.25, -0.2) is 0 Å². The summed E-state index contributed by atoms with van der Waals surface area (Å²) in [7, 11) is 0. The molecule has 1 aliphatic carbocycles. The molecular weight excluding hydrogens is 384 g/mol. The Morgan fingerprint density at radius 1 is 0.800 bits per heavy atom. The third kappa shape index (κ3) is 3.69. The summed E-state index contributed by atoms with van der Waals surface area (Å²) in [4.78, 5) is 1.30. The Bertz CT molecular complexity index is 1090. The predicted octanol–water partition coefficient (Wildman–Crippen LogP) is 7.56. The smallest absolute Gasteiger partial charge is 0.112 e. The van der Waals surface area contributed by atoms with E-state index in [1.807, 2.05) is 18.7 Å². The zero-order valence-electron chi connectivity index (χ0n) is 19.2. The van der Waals surface area contributed by atoms with Crippen LogP contribution in [0.15, 0.2) is 59.5 Å². The molecule has 1 aliphatic rings. The first-order chi connectivity index (χ1) is 14.0. The molecule has 3 aromatic rings. The highest BCUT2D eigenvalue weighted by molar-refractivity contribution is 7.99. The lowest BCUT2D eigenvalue weighted by Crippen LogP contribution is -2.34. The van der Waals surface area contributed by atoms with Gasteiger partial charge in [-0.1, -0.05) is 71.0 Å². The van der Waals surface area contributed by atoms with E-state index in [9.17, 15) is 5.11 Å². The number of hydrogen-bond acceptors (Lipinski definition) is 2. The number of thioether (sulfide) groups is 1. The number of fused-ring (bicyclic) bond motifs is 2. The van der Waals surface area contributed by atoms with Crippen LogP contribution in [0.5, 0.6) is 0 Å². The van der Waals surface area contributed by atoms with Gasteiger partial charge in [-0.05, 0) is 87.6 Å². The van der Waals surface area contributed by atoms with E-state index >= 15 is 0 Å². The molecule has 1 atom stereocenters. The zero-order chi connectivity index (χ0) is 21.7. The molecule has 0 radical (unpaired) electrons. The molecule has 2 heteroatoms. The molecular formula is C28H34OS. The lowest BCUT2D eigenvalue weighted by atomic mass is 9.62. The Balaban J connectivity index is 1.77. The summed E-state index contributed by atoms with van der Waals surface area (Å²) in [5.41, 5.74) is 4.03. The average molecular weight is 419 g/mol. The molecule has 4 rings (SSSR count). The molecule has 1 unspecified atom stereocenters. The molecule has 0 bridgehead atoms. The number of hydrogen-bond donors (Lipinski definition) is 1. The Morgan fingerprint density at radius 2 is 1.37 bits per heavy atom. The van der Waals surface area contributed by atoms with Crippen LogP contribution in [0.3, 0.4) is 0 Å². The van der Waals surface area contributed by atoms with Crippen molar-refractivity contribution in [1.82, 2.24) is 0 Å². The van der Waals surface area contributed by atoms with E-state index in [2.05, 4.69) is 89.2 Å². The van der Waals surface area contributed by atoms with Crippen LogP contribution in [0.1, 0.15) is 76.6 Å². The molecule has 1 N–H and O–H groups in total. The van der Waals surface area contributed by atoms with E-state index in [0.29, 0.717) is 0 Å². The summed E-state index contributed by atoms with van der Waals surface area (Å²) in [5.74, 6) is 1.07. The van der Waals surface area contributed by atoms with Crippen molar-refractivity contribution in [2.24, 2.45) is 0 Å². The highest BCUT2D eigenvalue weighted by Gasteiger charge is 2.38. The Labute approximate surface area is 185 Å². The minimum atomic E-state index is -1.03. The molecule has 158 valence electrons. The average Bonchev–Trinajstić information content (AvgIpc) is 2.71. The van der Waals surface area contributed by atoms with Crippen LogP contribution in [-0.2, 0) is 16.4 Å².